The molecule has 0 saturated carbocycles. The van der Waals surface area contributed by atoms with Crippen LogP contribution < -0.4 is 11.2 Å². The first kappa shape index (κ1) is 28.2. The summed E-state index contributed by atoms with van der Waals surface area (Å²) in [6.07, 6.45) is -13.0. The lowest BCUT2D eigenvalue weighted by atomic mass is 9.99. The van der Waals surface area contributed by atoms with Gasteiger partial charge < -0.3 is 49.8 Å². The summed E-state index contributed by atoms with van der Waals surface area (Å²) in [6, 6.07) is 3.44. The van der Waals surface area contributed by atoms with Gasteiger partial charge in [-0.2, -0.15) is 4.98 Å². The van der Waals surface area contributed by atoms with Gasteiger partial charge in [0.1, 0.15) is 42.7 Å². The second kappa shape index (κ2) is 11.1. The third-order valence-corrected chi connectivity index (χ3v) is 6.66. The Labute approximate surface area is 214 Å². The van der Waals surface area contributed by atoms with Crippen molar-refractivity contribution in [2.45, 2.75) is 69.4 Å². The Morgan fingerprint density at radius 3 is 2.39 bits per heavy atom. The van der Waals surface area contributed by atoms with E-state index in [1.807, 2.05) is 18.8 Å². The van der Waals surface area contributed by atoms with Crippen molar-refractivity contribution in [2.75, 3.05) is 13.2 Å². The maximum Gasteiger partial charge on any atom is 0.349 e. The van der Waals surface area contributed by atoms with Gasteiger partial charge in [0.15, 0.2) is 17.8 Å². The molecule has 0 aromatic heterocycles. The molecule has 1 fully saturated rings. The highest BCUT2D eigenvalue weighted by Crippen LogP contribution is 2.25. The molecule has 1 aromatic rings. The van der Waals surface area contributed by atoms with Gasteiger partial charge in [-0.25, -0.2) is 9.78 Å². The van der Waals surface area contributed by atoms with E-state index in [1.54, 1.807) is 12.1 Å². The second-order valence-corrected chi connectivity index (χ2v) is 9.35. The molecule has 0 amide bonds. The lowest BCUT2D eigenvalue weighted by Gasteiger charge is -2.40. The van der Waals surface area contributed by atoms with Crippen LogP contribution in [-0.4, -0.2) is 117 Å². The van der Waals surface area contributed by atoms with E-state index >= 15 is 0 Å². The molecule has 1 saturated heterocycles. The van der Waals surface area contributed by atoms with Crippen LogP contribution in [0.25, 0.3) is 22.6 Å². The third kappa shape index (κ3) is 5.33. The molecule has 3 heterocycles. The number of rotatable bonds is 8. The fourth-order valence-corrected chi connectivity index (χ4v) is 4.28. The summed E-state index contributed by atoms with van der Waals surface area (Å²) in [4.78, 5) is 34.5. The van der Waals surface area contributed by atoms with Crippen molar-refractivity contribution in [1.82, 2.24) is 19.5 Å². The molecule has 4 rings (SSSR count). The Morgan fingerprint density at radius 1 is 1.03 bits per heavy atom. The van der Waals surface area contributed by atoms with Gasteiger partial charge in [0, 0.05) is 0 Å². The van der Waals surface area contributed by atoms with Crippen molar-refractivity contribution in [1.29, 1.82) is 0 Å². The van der Waals surface area contributed by atoms with Crippen LogP contribution in [0.5, 0.6) is 0 Å². The Hall–Kier alpha value is -2.86. The SMILES string of the molecule is Cc1cc2nc3c(=O)[nH]c(=O)nc-3n(C[C@H](O)[C@H](O)[C@H](O)CO[C@@H]3O[C@H](CO)[C@H](O)[C@H](O)[C@H]3O)c2cc1C. The van der Waals surface area contributed by atoms with Crippen LogP contribution >= 0.6 is 0 Å². The quantitative estimate of drug-likeness (QED) is 0.128. The number of aliphatic hydroxyl groups is 7. The van der Waals surface area contributed by atoms with E-state index in [-0.39, 0.29) is 11.5 Å². The smallest absolute Gasteiger partial charge is 0.349 e. The zero-order chi connectivity index (χ0) is 27.9. The molecule has 8 N–H and O–H groups in total. The van der Waals surface area contributed by atoms with Gasteiger partial charge >= 0.3 is 5.69 Å². The number of ether oxygens (including phenoxy) is 2. The van der Waals surface area contributed by atoms with Crippen molar-refractivity contribution in [3.05, 3.63) is 44.1 Å². The Balaban J connectivity index is 1.56. The van der Waals surface area contributed by atoms with Crippen LogP contribution in [0.1, 0.15) is 11.1 Å². The molecule has 0 radical (unpaired) electrons. The average molecular weight is 539 g/mol. The monoisotopic (exact) mass is 538 g/mol. The van der Waals surface area contributed by atoms with E-state index in [1.165, 1.54) is 4.57 Å². The highest BCUT2D eigenvalue weighted by atomic mass is 16.7. The first-order chi connectivity index (χ1) is 17.9. The number of hydrogen-bond acceptors (Lipinski definition) is 13. The first-order valence-electron chi connectivity index (χ1n) is 11.8. The summed E-state index contributed by atoms with van der Waals surface area (Å²) in [6.45, 7) is 1.91. The lowest BCUT2D eigenvalue weighted by Crippen LogP contribution is -2.59. The molecule has 0 bridgehead atoms. The van der Waals surface area contributed by atoms with Crippen LogP contribution in [0.3, 0.4) is 0 Å². The molecule has 0 aliphatic carbocycles. The van der Waals surface area contributed by atoms with Crippen molar-refractivity contribution in [3.63, 3.8) is 0 Å². The van der Waals surface area contributed by atoms with Gasteiger partial charge in [-0.3, -0.25) is 9.78 Å². The van der Waals surface area contributed by atoms with Crippen LogP contribution in [0.4, 0.5) is 0 Å². The Kier molecular flexibility index (Phi) is 8.22. The Morgan fingerprint density at radius 2 is 1.71 bits per heavy atom. The van der Waals surface area contributed by atoms with Gasteiger partial charge in [0.25, 0.3) is 5.56 Å². The predicted molar refractivity (Wildman–Crippen MR) is 128 cm³/mol. The molecule has 0 unspecified atom stereocenters. The topological polar surface area (TPSA) is 241 Å². The van der Waals surface area contributed by atoms with Crippen molar-refractivity contribution < 1.29 is 45.2 Å². The van der Waals surface area contributed by atoms with E-state index in [0.717, 1.165) is 11.1 Å². The van der Waals surface area contributed by atoms with E-state index in [0.29, 0.717) is 11.0 Å². The van der Waals surface area contributed by atoms with E-state index in [9.17, 15) is 45.3 Å². The summed E-state index contributed by atoms with van der Waals surface area (Å²) in [5.74, 6) is -0.132. The number of nitrogens with one attached hydrogen (secondary N) is 1. The highest BCUT2D eigenvalue weighted by molar-refractivity contribution is 5.81. The summed E-state index contributed by atoms with van der Waals surface area (Å²) in [5.41, 5.74) is 0.649. The zero-order valence-electron chi connectivity index (χ0n) is 20.5. The fourth-order valence-electron chi connectivity index (χ4n) is 4.28. The van der Waals surface area contributed by atoms with Gasteiger partial charge in [-0.05, 0) is 37.1 Å². The van der Waals surface area contributed by atoms with E-state index in [2.05, 4.69) is 9.97 Å². The van der Waals surface area contributed by atoms with Gasteiger partial charge in [0.05, 0.1) is 30.8 Å². The average Bonchev–Trinajstić information content (AvgIpc) is 2.87. The van der Waals surface area contributed by atoms with Gasteiger partial charge in [-0.15, -0.1) is 0 Å². The molecule has 38 heavy (non-hydrogen) atoms. The number of benzene rings is 1. The molecule has 15 heteroatoms. The number of aryl methyl sites for hydroxylation is 2. The van der Waals surface area contributed by atoms with Gasteiger partial charge in [0.2, 0.25) is 0 Å². The minimum absolute atomic E-state index is 0.132. The molecule has 3 aliphatic rings. The molecular weight excluding hydrogens is 508 g/mol. The maximum atomic E-state index is 12.4. The second-order valence-electron chi connectivity index (χ2n) is 9.35. The third-order valence-electron chi connectivity index (χ3n) is 6.66. The van der Waals surface area contributed by atoms with Crippen molar-refractivity contribution >= 4 is 11.0 Å². The standard InChI is InChI=1S/C23H30N4O11/c1-8-3-10-11(4-9(8)2)27(20-15(24-10)21(35)26-23(36)25-20)5-12(29)16(31)13(30)7-37-22-19(34)18(33)17(32)14(6-28)38-22/h3-4,12-14,16-19,22,28-34H,5-7H2,1-2H3,(H,26,35,36)/t12-,13+,14+,16-,17-,18-,19+,22+/m0/s1. The summed E-state index contributed by atoms with van der Waals surface area (Å²) in [5, 5.41) is 70.9. The number of aromatic nitrogens is 4. The summed E-state index contributed by atoms with van der Waals surface area (Å²) < 4.78 is 11.8. The Bertz CT molecular complexity index is 1380. The molecular formula is C23H30N4O11. The number of fused-ring (bicyclic) bond motifs is 2. The highest BCUT2D eigenvalue weighted by Gasteiger charge is 2.44. The van der Waals surface area contributed by atoms with E-state index in [4.69, 9.17) is 9.47 Å². The predicted octanol–water partition coefficient (Wildman–Crippen LogP) is -3.90. The number of aromatic amines is 1. The number of H-pyrrole nitrogens is 1. The molecule has 208 valence electrons. The van der Waals surface area contributed by atoms with Crippen molar-refractivity contribution in [3.8, 4) is 11.5 Å². The fraction of sp³-hybridized carbons (Fsp3) is 0.565. The minimum Gasteiger partial charge on any atom is -0.394 e. The number of nitrogens with zero attached hydrogens (tertiary/aromatic N) is 3. The van der Waals surface area contributed by atoms with Crippen LogP contribution in [-0.2, 0) is 16.0 Å². The molecule has 15 nitrogen and oxygen atoms in total. The molecule has 3 aliphatic heterocycles. The van der Waals surface area contributed by atoms with Gasteiger partial charge in [-0.1, -0.05) is 0 Å². The summed E-state index contributed by atoms with van der Waals surface area (Å²) in [7, 11) is 0. The van der Waals surface area contributed by atoms with Crippen molar-refractivity contribution in [2.24, 2.45) is 0 Å². The zero-order valence-corrected chi connectivity index (χ0v) is 20.5. The van der Waals surface area contributed by atoms with E-state index < -0.39 is 80.0 Å². The van der Waals surface area contributed by atoms with Crippen LogP contribution in [0.15, 0.2) is 21.7 Å². The normalized spacial score (nSPS) is 26.5. The molecule has 0 spiro atoms. The maximum absolute atomic E-state index is 12.4. The molecule has 1 aromatic carbocycles. The van der Waals surface area contributed by atoms with Crippen LogP contribution in [0.2, 0.25) is 0 Å². The largest absolute Gasteiger partial charge is 0.394 e. The minimum atomic E-state index is -1.83. The lowest BCUT2D eigenvalue weighted by molar-refractivity contribution is -0.306. The number of aliphatic hydroxyl groups excluding tert-OH is 7. The first-order valence-corrected chi connectivity index (χ1v) is 11.8. The number of hydrogen-bond donors (Lipinski definition) is 8. The summed E-state index contributed by atoms with van der Waals surface area (Å²) >= 11 is 0. The molecule has 8 atom stereocenters. The van der Waals surface area contributed by atoms with Crippen LogP contribution in [0, 0.1) is 13.8 Å².